The van der Waals surface area contributed by atoms with Crippen molar-refractivity contribution in [2.75, 3.05) is 20.3 Å². The largest absolute Gasteiger partial charge is 0.396 e. The molecule has 0 saturated carbocycles. The first kappa shape index (κ1) is 13.9. The minimum Gasteiger partial charge on any atom is -0.396 e. The van der Waals surface area contributed by atoms with Gasteiger partial charge in [0.2, 0.25) is 0 Å². The zero-order valence-corrected chi connectivity index (χ0v) is 10.2. The summed E-state index contributed by atoms with van der Waals surface area (Å²) in [6.45, 7) is 7.96. The van der Waals surface area contributed by atoms with Gasteiger partial charge >= 0.3 is 0 Å². The van der Waals surface area contributed by atoms with Crippen molar-refractivity contribution in [2.24, 2.45) is 11.3 Å². The second-order valence-corrected chi connectivity index (χ2v) is 5.28. The Labute approximate surface area is 88.7 Å². The molecular formula is C12H26O2. The summed E-state index contributed by atoms with van der Waals surface area (Å²) in [4.78, 5) is 0. The number of ether oxygens (including phenoxy) is 1. The van der Waals surface area contributed by atoms with Gasteiger partial charge in [-0.2, -0.15) is 0 Å². The summed E-state index contributed by atoms with van der Waals surface area (Å²) in [5, 5.41) is 8.81. The SMILES string of the molecule is COCC[C@@H](CCCO)CC(C)(C)C. The molecule has 0 saturated heterocycles. The molecule has 2 heteroatoms. The zero-order valence-electron chi connectivity index (χ0n) is 10.2. The minimum absolute atomic E-state index is 0.313. The Bertz CT molecular complexity index is 119. The molecule has 0 heterocycles. The zero-order chi connectivity index (χ0) is 11.0. The van der Waals surface area contributed by atoms with Crippen LogP contribution in [0.15, 0.2) is 0 Å². The van der Waals surface area contributed by atoms with Crippen molar-refractivity contribution in [2.45, 2.75) is 46.5 Å². The molecule has 0 aliphatic heterocycles. The molecule has 0 aliphatic carbocycles. The number of aliphatic hydroxyl groups is 1. The monoisotopic (exact) mass is 202 g/mol. The molecule has 0 aliphatic rings. The van der Waals surface area contributed by atoms with Gasteiger partial charge in [-0.25, -0.2) is 0 Å². The number of hydrogen-bond donors (Lipinski definition) is 1. The molecule has 2 nitrogen and oxygen atoms in total. The van der Waals surface area contributed by atoms with Gasteiger partial charge in [-0.3, -0.25) is 0 Å². The Hall–Kier alpha value is -0.0800. The summed E-state index contributed by atoms with van der Waals surface area (Å²) in [5.74, 6) is 0.696. The minimum atomic E-state index is 0.313. The van der Waals surface area contributed by atoms with Crippen molar-refractivity contribution in [3.63, 3.8) is 0 Å². The van der Waals surface area contributed by atoms with E-state index in [1.165, 1.54) is 6.42 Å². The average Bonchev–Trinajstić information content (AvgIpc) is 2.07. The lowest BCUT2D eigenvalue weighted by Crippen LogP contribution is -2.15. The molecule has 0 spiro atoms. The van der Waals surface area contributed by atoms with Crippen molar-refractivity contribution < 1.29 is 9.84 Å². The van der Waals surface area contributed by atoms with E-state index in [0.717, 1.165) is 25.9 Å². The summed E-state index contributed by atoms with van der Waals surface area (Å²) in [6.07, 6.45) is 4.38. The Kier molecular flexibility index (Phi) is 7.20. The molecule has 0 fully saturated rings. The van der Waals surface area contributed by atoms with E-state index in [-0.39, 0.29) is 0 Å². The van der Waals surface area contributed by atoms with E-state index >= 15 is 0 Å². The number of rotatable bonds is 7. The van der Waals surface area contributed by atoms with E-state index in [2.05, 4.69) is 20.8 Å². The molecule has 0 unspecified atom stereocenters. The Morgan fingerprint density at radius 1 is 1.21 bits per heavy atom. The highest BCUT2D eigenvalue weighted by atomic mass is 16.5. The van der Waals surface area contributed by atoms with Gasteiger partial charge in [-0.1, -0.05) is 20.8 Å². The van der Waals surface area contributed by atoms with Gasteiger partial charge in [0.25, 0.3) is 0 Å². The molecule has 0 aromatic rings. The van der Waals surface area contributed by atoms with Crippen LogP contribution in [0.1, 0.15) is 46.5 Å². The van der Waals surface area contributed by atoms with Crippen molar-refractivity contribution in [1.82, 2.24) is 0 Å². The van der Waals surface area contributed by atoms with E-state index in [4.69, 9.17) is 9.84 Å². The molecule has 1 atom stereocenters. The second kappa shape index (κ2) is 7.24. The van der Waals surface area contributed by atoms with Gasteiger partial charge in [0.1, 0.15) is 0 Å². The molecule has 86 valence electrons. The van der Waals surface area contributed by atoms with E-state index in [1.807, 2.05) is 0 Å². The summed E-state index contributed by atoms with van der Waals surface area (Å²) in [6, 6.07) is 0. The fourth-order valence-corrected chi connectivity index (χ4v) is 1.88. The Morgan fingerprint density at radius 3 is 2.29 bits per heavy atom. The van der Waals surface area contributed by atoms with E-state index in [9.17, 15) is 0 Å². The van der Waals surface area contributed by atoms with Crippen LogP contribution in [0.5, 0.6) is 0 Å². The van der Waals surface area contributed by atoms with Gasteiger partial charge in [0.15, 0.2) is 0 Å². The maximum absolute atomic E-state index is 8.81. The van der Waals surface area contributed by atoms with Crippen LogP contribution < -0.4 is 0 Å². The third-order valence-electron chi connectivity index (χ3n) is 2.40. The van der Waals surface area contributed by atoms with E-state index in [0.29, 0.717) is 17.9 Å². The lowest BCUT2D eigenvalue weighted by atomic mass is 9.81. The van der Waals surface area contributed by atoms with Crippen molar-refractivity contribution >= 4 is 0 Å². The van der Waals surface area contributed by atoms with Crippen LogP contribution in [-0.4, -0.2) is 25.4 Å². The van der Waals surface area contributed by atoms with Gasteiger partial charge in [-0.15, -0.1) is 0 Å². The van der Waals surface area contributed by atoms with Crippen LogP contribution in [0.25, 0.3) is 0 Å². The standard InChI is InChI=1S/C12H26O2/c1-12(2,3)10-11(6-5-8-13)7-9-14-4/h11,13H,5-10H2,1-4H3/t11-/m1/s1. The molecule has 0 aromatic heterocycles. The molecular weight excluding hydrogens is 176 g/mol. The number of methoxy groups -OCH3 is 1. The van der Waals surface area contributed by atoms with Gasteiger partial charge in [0.05, 0.1) is 0 Å². The highest BCUT2D eigenvalue weighted by Gasteiger charge is 2.18. The van der Waals surface area contributed by atoms with Gasteiger partial charge in [0, 0.05) is 20.3 Å². The smallest absolute Gasteiger partial charge is 0.0464 e. The summed E-state index contributed by atoms with van der Waals surface area (Å²) in [5.41, 5.74) is 0.383. The van der Waals surface area contributed by atoms with Gasteiger partial charge < -0.3 is 9.84 Å². The second-order valence-electron chi connectivity index (χ2n) is 5.28. The first-order valence-corrected chi connectivity index (χ1v) is 5.59. The predicted octanol–water partition coefficient (Wildman–Crippen LogP) is 2.85. The highest BCUT2D eigenvalue weighted by molar-refractivity contribution is 4.69. The van der Waals surface area contributed by atoms with Crippen LogP contribution in [-0.2, 0) is 4.74 Å². The highest BCUT2D eigenvalue weighted by Crippen LogP contribution is 2.29. The van der Waals surface area contributed by atoms with Crippen LogP contribution in [0, 0.1) is 11.3 Å². The Morgan fingerprint density at radius 2 is 1.86 bits per heavy atom. The first-order valence-electron chi connectivity index (χ1n) is 5.59. The van der Waals surface area contributed by atoms with Crippen molar-refractivity contribution in [3.05, 3.63) is 0 Å². The summed E-state index contributed by atoms with van der Waals surface area (Å²) < 4.78 is 5.10. The van der Waals surface area contributed by atoms with E-state index in [1.54, 1.807) is 7.11 Å². The van der Waals surface area contributed by atoms with Gasteiger partial charge in [-0.05, 0) is 37.0 Å². The van der Waals surface area contributed by atoms with Crippen LogP contribution in [0.2, 0.25) is 0 Å². The van der Waals surface area contributed by atoms with Crippen LogP contribution in [0.4, 0.5) is 0 Å². The van der Waals surface area contributed by atoms with Crippen LogP contribution in [0.3, 0.4) is 0 Å². The molecule has 1 N–H and O–H groups in total. The summed E-state index contributed by atoms with van der Waals surface area (Å²) in [7, 11) is 1.75. The maximum Gasteiger partial charge on any atom is 0.0464 e. The number of hydrogen-bond acceptors (Lipinski definition) is 2. The van der Waals surface area contributed by atoms with E-state index < -0.39 is 0 Å². The lowest BCUT2D eigenvalue weighted by Gasteiger charge is -2.25. The fourth-order valence-electron chi connectivity index (χ4n) is 1.88. The Balaban J connectivity index is 3.84. The predicted molar refractivity (Wildman–Crippen MR) is 60.4 cm³/mol. The topological polar surface area (TPSA) is 29.5 Å². The molecule has 14 heavy (non-hydrogen) atoms. The first-order chi connectivity index (χ1) is 6.49. The molecule has 0 amide bonds. The molecule has 0 bridgehead atoms. The normalized spacial score (nSPS) is 14.4. The molecule has 0 rings (SSSR count). The third kappa shape index (κ3) is 8.52. The maximum atomic E-state index is 8.81. The molecule has 0 aromatic carbocycles. The third-order valence-corrected chi connectivity index (χ3v) is 2.40. The average molecular weight is 202 g/mol. The summed E-state index contributed by atoms with van der Waals surface area (Å²) >= 11 is 0. The lowest BCUT2D eigenvalue weighted by molar-refractivity contribution is 0.153. The van der Waals surface area contributed by atoms with Crippen molar-refractivity contribution in [1.29, 1.82) is 0 Å². The number of aliphatic hydroxyl groups excluding tert-OH is 1. The molecule has 0 radical (unpaired) electrons. The van der Waals surface area contributed by atoms with Crippen LogP contribution >= 0.6 is 0 Å². The quantitative estimate of drug-likeness (QED) is 0.688. The fraction of sp³-hybridized carbons (Fsp3) is 1.00. The van der Waals surface area contributed by atoms with Crippen molar-refractivity contribution in [3.8, 4) is 0 Å².